The minimum absolute atomic E-state index is 0.156. The monoisotopic (exact) mass is 184 g/mol. The normalized spacial score (nSPS) is 13.8. The number of carbonyl (C=O) groups is 1. The Hall–Kier alpha value is -0.373. The zero-order valence-corrected chi connectivity index (χ0v) is 10.1. The van der Waals surface area contributed by atoms with E-state index in [4.69, 9.17) is 0 Å². The Bertz CT molecular complexity index is 196. The fourth-order valence-corrected chi connectivity index (χ4v) is 2.05. The molecule has 0 amide bonds. The maximum atomic E-state index is 11.7. The van der Waals surface area contributed by atoms with E-state index in [-0.39, 0.29) is 5.04 Å². The molecule has 0 aliphatic heterocycles. The summed E-state index contributed by atoms with van der Waals surface area (Å²) in [4.78, 5) is 11.7. The van der Waals surface area contributed by atoms with Gasteiger partial charge in [-0.15, -0.1) is 0 Å². The van der Waals surface area contributed by atoms with Gasteiger partial charge in [0.15, 0.2) is 0 Å². The van der Waals surface area contributed by atoms with E-state index >= 15 is 0 Å². The molecule has 0 fully saturated rings. The molecule has 0 N–H and O–H groups in total. The SMILES string of the molecule is CC=CC(=O)[Si](C)(C)C(C)(C)C. The van der Waals surface area contributed by atoms with Crippen LogP contribution >= 0.6 is 0 Å². The standard InChI is InChI=1S/C10H20OSi/c1-7-8-9(11)12(5,6)10(2,3)4/h7-8H,1-6H3. The van der Waals surface area contributed by atoms with Crippen LogP contribution in [0.5, 0.6) is 0 Å². The van der Waals surface area contributed by atoms with Gasteiger partial charge in [0.25, 0.3) is 0 Å². The van der Waals surface area contributed by atoms with Crippen molar-refractivity contribution in [3.05, 3.63) is 12.2 Å². The van der Waals surface area contributed by atoms with Gasteiger partial charge in [0, 0.05) is 0 Å². The van der Waals surface area contributed by atoms with Gasteiger partial charge in [-0.1, -0.05) is 39.9 Å². The summed E-state index contributed by atoms with van der Waals surface area (Å²) in [7, 11) is -1.75. The second kappa shape index (κ2) is 3.56. The van der Waals surface area contributed by atoms with Crippen LogP contribution in [-0.2, 0) is 4.79 Å². The van der Waals surface area contributed by atoms with Crippen molar-refractivity contribution < 1.29 is 4.79 Å². The van der Waals surface area contributed by atoms with E-state index in [1.54, 1.807) is 6.08 Å². The van der Waals surface area contributed by atoms with E-state index < -0.39 is 8.07 Å². The zero-order chi connectivity index (χ0) is 9.99. The lowest BCUT2D eigenvalue weighted by Crippen LogP contribution is -2.45. The lowest BCUT2D eigenvalue weighted by Gasteiger charge is -2.34. The number of rotatable bonds is 2. The van der Waals surface area contributed by atoms with Crippen molar-refractivity contribution in [1.82, 2.24) is 0 Å². The molecule has 0 aliphatic carbocycles. The highest BCUT2D eigenvalue weighted by Crippen LogP contribution is 2.36. The summed E-state index contributed by atoms with van der Waals surface area (Å²) in [6, 6.07) is 0. The summed E-state index contributed by atoms with van der Waals surface area (Å²) in [6.45, 7) is 12.6. The Morgan fingerprint density at radius 3 is 1.92 bits per heavy atom. The van der Waals surface area contributed by atoms with Gasteiger partial charge in [-0.25, -0.2) is 0 Å². The summed E-state index contributed by atoms with van der Waals surface area (Å²) in [6.07, 6.45) is 3.56. The first-order valence-electron chi connectivity index (χ1n) is 4.40. The van der Waals surface area contributed by atoms with Crippen molar-refractivity contribution in [3.63, 3.8) is 0 Å². The van der Waals surface area contributed by atoms with Gasteiger partial charge in [-0.3, -0.25) is 0 Å². The minimum Gasteiger partial charge on any atom is -0.301 e. The maximum absolute atomic E-state index is 11.7. The quantitative estimate of drug-likeness (QED) is 0.476. The topological polar surface area (TPSA) is 17.1 Å². The fraction of sp³-hybridized carbons (Fsp3) is 0.700. The van der Waals surface area contributed by atoms with Gasteiger partial charge in [0.05, 0.1) is 0 Å². The molecule has 1 nitrogen and oxygen atoms in total. The van der Waals surface area contributed by atoms with E-state index in [9.17, 15) is 4.79 Å². The fourth-order valence-electron chi connectivity index (χ4n) is 0.729. The van der Waals surface area contributed by atoms with Gasteiger partial charge in [0.1, 0.15) is 13.5 Å². The van der Waals surface area contributed by atoms with Crippen LogP contribution in [0.3, 0.4) is 0 Å². The highest BCUT2D eigenvalue weighted by Gasteiger charge is 2.40. The Balaban J connectivity index is 4.74. The first-order chi connectivity index (χ1) is 5.23. The summed E-state index contributed by atoms with van der Waals surface area (Å²) < 4.78 is 0. The Labute approximate surface area is 76.9 Å². The van der Waals surface area contributed by atoms with Gasteiger partial charge in [-0.05, 0) is 18.0 Å². The van der Waals surface area contributed by atoms with E-state index in [1.807, 2.05) is 13.0 Å². The van der Waals surface area contributed by atoms with Crippen molar-refractivity contribution in [2.24, 2.45) is 0 Å². The molecule has 0 unspecified atom stereocenters. The van der Waals surface area contributed by atoms with Gasteiger partial charge in [-0.2, -0.15) is 0 Å². The molecule has 0 heterocycles. The molecule has 0 aromatic rings. The minimum atomic E-state index is -1.75. The summed E-state index contributed by atoms with van der Waals surface area (Å²) in [5.74, 6) is 0. The second-order valence-corrected chi connectivity index (χ2v) is 9.98. The highest BCUT2D eigenvalue weighted by molar-refractivity contribution is 7.07. The average molecular weight is 184 g/mol. The lowest BCUT2D eigenvalue weighted by molar-refractivity contribution is -0.108. The molecular formula is C10H20OSi. The highest BCUT2D eigenvalue weighted by atomic mass is 28.3. The van der Waals surface area contributed by atoms with Crippen LogP contribution in [0.1, 0.15) is 27.7 Å². The van der Waals surface area contributed by atoms with Gasteiger partial charge in [0.2, 0.25) is 0 Å². The van der Waals surface area contributed by atoms with E-state index in [0.717, 1.165) is 0 Å². The summed E-state index contributed by atoms with van der Waals surface area (Å²) in [5.41, 5.74) is 0. The molecule has 0 saturated heterocycles. The molecule has 0 aromatic carbocycles. The van der Waals surface area contributed by atoms with E-state index in [0.29, 0.717) is 5.41 Å². The molecule has 2 heteroatoms. The summed E-state index contributed by atoms with van der Waals surface area (Å²) in [5, 5.41) is 0.501. The number of carbonyl (C=O) groups excluding carboxylic acids is 1. The molecule has 12 heavy (non-hydrogen) atoms. The Morgan fingerprint density at radius 2 is 1.67 bits per heavy atom. The third kappa shape index (κ3) is 2.31. The Kier molecular flexibility index (Phi) is 3.45. The second-order valence-electron chi connectivity index (χ2n) is 4.74. The van der Waals surface area contributed by atoms with E-state index in [2.05, 4.69) is 33.9 Å². The maximum Gasteiger partial charge on any atom is 0.137 e. The van der Waals surface area contributed by atoms with Crippen molar-refractivity contribution in [3.8, 4) is 0 Å². The number of hydrogen-bond acceptors (Lipinski definition) is 1. The molecule has 0 spiro atoms. The zero-order valence-electron chi connectivity index (χ0n) is 9.06. The first-order valence-corrected chi connectivity index (χ1v) is 7.40. The molecule has 70 valence electrons. The van der Waals surface area contributed by atoms with Crippen LogP contribution < -0.4 is 0 Å². The lowest BCUT2D eigenvalue weighted by atomic mass is 10.2. The molecule has 0 aliphatic rings. The van der Waals surface area contributed by atoms with Crippen LogP contribution in [-0.4, -0.2) is 13.5 Å². The molecule has 0 bridgehead atoms. The smallest absolute Gasteiger partial charge is 0.137 e. The average Bonchev–Trinajstić information content (AvgIpc) is 1.85. The predicted octanol–water partition coefficient (Wildman–Crippen LogP) is 3.18. The molecular weight excluding hydrogens is 164 g/mol. The van der Waals surface area contributed by atoms with Crippen molar-refractivity contribution in [2.75, 3.05) is 0 Å². The van der Waals surface area contributed by atoms with Gasteiger partial charge >= 0.3 is 0 Å². The molecule has 0 aromatic heterocycles. The molecule has 0 rings (SSSR count). The van der Waals surface area contributed by atoms with Crippen molar-refractivity contribution >= 4 is 13.5 Å². The van der Waals surface area contributed by atoms with Gasteiger partial charge < -0.3 is 4.79 Å². The molecule has 0 radical (unpaired) electrons. The third-order valence-corrected chi connectivity index (χ3v) is 7.96. The van der Waals surface area contributed by atoms with Crippen molar-refractivity contribution in [1.29, 1.82) is 0 Å². The summed E-state index contributed by atoms with van der Waals surface area (Å²) >= 11 is 0. The van der Waals surface area contributed by atoms with Crippen LogP contribution in [0.15, 0.2) is 12.2 Å². The van der Waals surface area contributed by atoms with Crippen LogP contribution in [0.2, 0.25) is 18.1 Å². The van der Waals surface area contributed by atoms with Crippen LogP contribution in [0, 0.1) is 0 Å². The molecule has 0 saturated carbocycles. The van der Waals surface area contributed by atoms with E-state index in [1.165, 1.54) is 0 Å². The largest absolute Gasteiger partial charge is 0.301 e. The van der Waals surface area contributed by atoms with Crippen molar-refractivity contribution in [2.45, 2.75) is 45.8 Å². The first kappa shape index (κ1) is 11.6. The number of allylic oxidation sites excluding steroid dienone is 2. The Morgan fingerprint density at radius 1 is 1.25 bits per heavy atom. The number of hydrogen-bond donors (Lipinski definition) is 0. The third-order valence-electron chi connectivity index (χ3n) is 2.81. The van der Waals surface area contributed by atoms with Crippen LogP contribution in [0.4, 0.5) is 0 Å². The molecule has 0 atom stereocenters. The van der Waals surface area contributed by atoms with Crippen LogP contribution in [0.25, 0.3) is 0 Å². The predicted molar refractivity (Wildman–Crippen MR) is 57.0 cm³/mol.